The molecular formula is C20H24ClNO3. The fraction of sp³-hybridized carbons (Fsp3) is 0.350. The summed E-state index contributed by atoms with van der Waals surface area (Å²) < 4.78 is 11.5. The van der Waals surface area contributed by atoms with Crippen LogP contribution in [0.3, 0.4) is 0 Å². The van der Waals surface area contributed by atoms with E-state index in [9.17, 15) is 4.79 Å². The molecular weight excluding hydrogens is 338 g/mol. The van der Waals surface area contributed by atoms with Gasteiger partial charge in [0, 0.05) is 29.2 Å². The molecule has 0 N–H and O–H groups in total. The summed E-state index contributed by atoms with van der Waals surface area (Å²) in [5, 5.41) is 0.661. The van der Waals surface area contributed by atoms with Crippen LogP contribution in [0.1, 0.15) is 36.7 Å². The number of hydrogen-bond acceptors (Lipinski definition) is 3. The highest BCUT2D eigenvalue weighted by atomic mass is 35.5. The van der Waals surface area contributed by atoms with Crippen LogP contribution in [0.15, 0.2) is 42.5 Å². The Morgan fingerprint density at radius 3 is 2.28 bits per heavy atom. The lowest BCUT2D eigenvalue weighted by atomic mass is 10.1. The second-order valence-corrected chi connectivity index (χ2v) is 5.91. The standard InChI is InChI=1S/C20H24ClNO3/c1-4-22(5-2)20(23)15-7-12-19(24-6-3)16(13-15)14-25-18-10-8-17(21)9-11-18/h7-13H,4-6,14H2,1-3H3. The monoisotopic (exact) mass is 361 g/mol. The van der Waals surface area contributed by atoms with E-state index in [0.717, 1.165) is 11.3 Å². The van der Waals surface area contributed by atoms with Crippen molar-refractivity contribution in [1.29, 1.82) is 0 Å². The van der Waals surface area contributed by atoms with Gasteiger partial charge >= 0.3 is 0 Å². The Morgan fingerprint density at radius 1 is 1.00 bits per heavy atom. The van der Waals surface area contributed by atoms with Crippen molar-refractivity contribution in [2.45, 2.75) is 27.4 Å². The first-order chi connectivity index (χ1) is 12.1. The summed E-state index contributed by atoms with van der Waals surface area (Å²) in [5.74, 6) is 1.46. The largest absolute Gasteiger partial charge is 0.493 e. The minimum Gasteiger partial charge on any atom is -0.493 e. The first-order valence-corrected chi connectivity index (χ1v) is 8.90. The van der Waals surface area contributed by atoms with E-state index in [1.165, 1.54) is 0 Å². The number of hydrogen-bond donors (Lipinski definition) is 0. The number of amides is 1. The molecule has 134 valence electrons. The van der Waals surface area contributed by atoms with Crippen molar-refractivity contribution in [3.63, 3.8) is 0 Å². The SMILES string of the molecule is CCOc1ccc(C(=O)N(CC)CC)cc1COc1ccc(Cl)cc1. The van der Waals surface area contributed by atoms with Crippen molar-refractivity contribution in [1.82, 2.24) is 4.90 Å². The van der Waals surface area contributed by atoms with Gasteiger partial charge in [-0.15, -0.1) is 0 Å². The van der Waals surface area contributed by atoms with E-state index in [1.807, 2.05) is 45.0 Å². The number of nitrogens with zero attached hydrogens (tertiary/aromatic N) is 1. The average molecular weight is 362 g/mol. The first kappa shape index (κ1) is 19.1. The molecule has 4 nitrogen and oxygen atoms in total. The van der Waals surface area contributed by atoms with Crippen LogP contribution >= 0.6 is 11.6 Å². The number of halogens is 1. The molecule has 25 heavy (non-hydrogen) atoms. The Morgan fingerprint density at radius 2 is 1.68 bits per heavy atom. The van der Waals surface area contributed by atoms with Gasteiger partial charge in [0.05, 0.1) is 6.61 Å². The zero-order valence-electron chi connectivity index (χ0n) is 14.9. The van der Waals surface area contributed by atoms with E-state index in [1.54, 1.807) is 23.1 Å². The molecule has 0 aliphatic heterocycles. The maximum absolute atomic E-state index is 12.6. The Hall–Kier alpha value is -2.20. The molecule has 1 amide bonds. The molecule has 0 aliphatic rings. The van der Waals surface area contributed by atoms with Gasteiger partial charge in [0.25, 0.3) is 5.91 Å². The zero-order chi connectivity index (χ0) is 18.2. The molecule has 0 saturated carbocycles. The maximum Gasteiger partial charge on any atom is 0.253 e. The Balaban J connectivity index is 2.22. The minimum absolute atomic E-state index is 0.0146. The predicted molar refractivity (Wildman–Crippen MR) is 101 cm³/mol. The Labute approximate surface area is 154 Å². The highest BCUT2D eigenvalue weighted by molar-refractivity contribution is 6.30. The second kappa shape index (κ2) is 9.33. The fourth-order valence-corrected chi connectivity index (χ4v) is 2.63. The van der Waals surface area contributed by atoms with Gasteiger partial charge in [-0.1, -0.05) is 11.6 Å². The Bertz CT molecular complexity index is 697. The van der Waals surface area contributed by atoms with Crippen LogP contribution in [0.5, 0.6) is 11.5 Å². The van der Waals surface area contributed by atoms with E-state index in [-0.39, 0.29) is 5.91 Å². The van der Waals surface area contributed by atoms with Crippen LogP contribution in [-0.2, 0) is 6.61 Å². The predicted octanol–water partition coefficient (Wildman–Crippen LogP) is 4.80. The normalized spacial score (nSPS) is 10.4. The molecule has 5 heteroatoms. The summed E-state index contributed by atoms with van der Waals surface area (Å²) in [6.07, 6.45) is 0. The van der Waals surface area contributed by atoms with Crippen LogP contribution in [0, 0.1) is 0 Å². The molecule has 0 saturated heterocycles. The van der Waals surface area contributed by atoms with Gasteiger partial charge in [0.15, 0.2) is 0 Å². The summed E-state index contributed by atoms with van der Waals surface area (Å²) in [6.45, 7) is 8.10. The molecule has 0 spiro atoms. The third-order valence-electron chi connectivity index (χ3n) is 3.87. The number of ether oxygens (including phenoxy) is 2. The first-order valence-electron chi connectivity index (χ1n) is 8.52. The zero-order valence-corrected chi connectivity index (χ0v) is 15.7. The highest BCUT2D eigenvalue weighted by Gasteiger charge is 2.15. The van der Waals surface area contributed by atoms with E-state index in [4.69, 9.17) is 21.1 Å². The summed E-state index contributed by atoms with van der Waals surface area (Å²) >= 11 is 5.89. The molecule has 0 unspecified atom stereocenters. The van der Waals surface area contributed by atoms with E-state index >= 15 is 0 Å². The molecule has 0 heterocycles. The molecule has 0 bridgehead atoms. The number of carbonyl (C=O) groups is 1. The van der Waals surface area contributed by atoms with Crippen LogP contribution in [0.2, 0.25) is 5.02 Å². The third kappa shape index (κ3) is 5.13. The minimum atomic E-state index is 0.0146. The average Bonchev–Trinajstić information content (AvgIpc) is 2.63. The molecule has 0 radical (unpaired) electrons. The van der Waals surface area contributed by atoms with Gasteiger partial charge in [-0.3, -0.25) is 4.79 Å². The molecule has 2 aromatic carbocycles. The lowest BCUT2D eigenvalue weighted by Gasteiger charge is -2.20. The van der Waals surface area contributed by atoms with Crippen LogP contribution in [-0.4, -0.2) is 30.5 Å². The molecule has 2 rings (SSSR count). The van der Waals surface area contributed by atoms with E-state index in [0.29, 0.717) is 42.6 Å². The van der Waals surface area contributed by atoms with Gasteiger partial charge in [0.2, 0.25) is 0 Å². The van der Waals surface area contributed by atoms with Gasteiger partial charge < -0.3 is 14.4 Å². The van der Waals surface area contributed by atoms with Gasteiger partial charge in [-0.25, -0.2) is 0 Å². The summed E-state index contributed by atoms with van der Waals surface area (Å²) in [6, 6.07) is 12.7. The van der Waals surface area contributed by atoms with E-state index < -0.39 is 0 Å². The number of rotatable bonds is 8. The lowest BCUT2D eigenvalue weighted by molar-refractivity contribution is 0.0772. The summed E-state index contributed by atoms with van der Waals surface area (Å²) in [7, 11) is 0. The van der Waals surface area contributed by atoms with Gasteiger partial charge in [-0.05, 0) is 63.2 Å². The summed E-state index contributed by atoms with van der Waals surface area (Å²) in [4.78, 5) is 14.4. The van der Waals surface area contributed by atoms with Crippen molar-refractivity contribution < 1.29 is 14.3 Å². The molecule has 0 atom stereocenters. The van der Waals surface area contributed by atoms with Crippen molar-refractivity contribution in [3.05, 3.63) is 58.6 Å². The topological polar surface area (TPSA) is 38.8 Å². The molecule has 0 aromatic heterocycles. The lowest BCUT2D eigenvalue weighted by Crippen LogP contribution is -2.30. The van der Waals surface area contributed by atoms with Crippen molar-refractivity contribution in [2.75, 3.05) is 19.7 Å². The van der Waals surface area contributed by atoms with Crippen molar-refractivity contribution in [2.24, 2.45) is 0 Å². The third-order valence-corrected chi connectivity index (χ3v) is 4.12. The van der Waals surface area contributed by atoms with Crippen LogP contribution < -0.4 is 9.47 Å². The number of carbonyl (C=O) groups excluding carboxylic acids is 1. The van der Waals surface area contributed by atoms with Crippen molar-refractivity contribution in [3.8, 4) is 11.5 Å². The van der Waals surface area contributed by atoms with Crippen molar-refractivity contribution >= 4 is 17.5 Å². The Kier molecular flexibility index (Phi) is 7.14. The highest BCUT2D eigenvalue weighted by Crippen LogP contribution is 2.24. The van der Waals surface area contributed by atoms with Crippen LogP contribution in [0.4, 0.5) is 0 Å². The smallest absolute Gasteiger partial charge is 0.253 e. The second-order valence-electron chi connectivity index (χ2n) is 5.48. The quantitative estimate of drug-likeness (QED) is 0.678. The summed E-state index contributed by atoms with van der Waals surface area (Å²) in [5.41, 5.74) is 1.48. The molecule has 0 aliphatic carbocycles. The van der Waals surface area contributed by atoms with Gasteiger partial charge in [0.1, 0.15) is 18.1 Å². The molecule has 2 aromatic rings. The maximum atomic E-state index is 12.6. The molecule has 0 fully saturated rings. The number of benzene rings is 2. The fourth-order valence-electron chi connectivity index (χ4n) is 2.51. The van der Waals surface area contributed by atoms with Gasteiger partial charge in [-0.2, -0.15) is 0 Å². The van der Waals surface area contributed by atoms with Crippen LogP contribution in [0.25, 0.3) is 0 Å². The van der Waals surface area contributed by atoms with E-state index in [2.05, 4.69) is 0 Å².